The van der Waals surface area contributed by atoms with Crippen LogP contribution in [0.3, 0.4) is 0 Å². The van der Waals surface area contributed by atoms with Crippen LogP contribution in [0.15, 0.2) is 212 Å². The lowest BCUT2D eigenvalue weighted by Gasteiger charge is -2.24. The molecule has 1 aliphatic rings. The van der Waals surface area contributed by atoms with Gasteiger partial charge in [0, 0.05) is 13.0 Å². The number of amides is 10. The Bertz CT molecular complexity index is 4410. The fraction of sp³-hybridized carbons (Fsp3) is 0.418. The number of hydrogen-bond donors (Lipinski definition) is 11. The van der Waals surface area contributed by atoms with E-state index in [0.717, 1.165) is 51.7 Å². The number of carboxylic acid groups (broad SMARTS) is 1. The molecule has 31 heteroatoms. The fourth-order valence-corrected chi connectivity index (χ4v) is 12.1. The highest BCUT2D eigenvalue weighted by Crippen LogP contribution is 2.24. The smallest absolute Gasteiger partial charge is 0.408 e. The molecule has 7 aromatic carbocycles. The van der Waals surface area contributed by atoms with Crippen LogP contribution in [0, 0.1) is 35.5 Å². The number of carbonyl (C=O) groups is 15. The molecule has 31 nitrogen and oxygen atoms in total. The van der Waals surface area contributed by atoms with E-state index in [4.69, 9.17) is 28.8 Å². The molecular weight excluding hydrogens is 1650 g/mol. The van der Waals surface area contributed by atoms with Gasteiger partial charge in [0.25, 0.3) is 11.8 Å². The van der Waals surface area contributed by atoms with Crippen molar-refractivity contribution < 1.29 is 101 Å². The van der Waals surface area contributed by atoms with E-state index < -0.39 is 121 Å². The number of hydrogen-bond acceptors (Lipinski definition) is 20. The molecule has 1 heterocycles. The van der Waals surface area contributed by atoms with Gasteiger partial charge in [-0.05, 0) is 100 Å². The van der Waals surface area contributed by atoms with Gasteiger partial charge >= 0.3 is 30.3 Å². The summed E-state index contributed by atoms with van der Waals surface area (Å²) in [5.41, 5.74) is 6.19. The van der Waals surface area contributed by atoms with E-state index in [-0.39, 0.29) is 80.2 Å². The maximum absolute atomic E-state index is 12.7. The highest BCUT2D eigenvalue weighted by molar-refractivity contribution is 5.97. The number of ether oxygens (including phenoxy) is 5. The van der Waals surface area contributed by atoms with E-state index in [0.29, 0.717) is 51.1 Å². The molecule has 1 fully saturated rings. The molecule has 1 aliphatic heterocycles. The average molecular weight is 1780 g/mol. The Kier molecular flexibility index (Phi) is 50.4. The molecule has 7 aromatic rings. The molecule has 129 heavy (non-hydrogen) atoms. The number of alkyl carbamates (subject to hydrolysis) is 4. The summed E-state index contributed by atoms with van der Waals surface area (Å²) < 4.78 is 25.8. The quantitative estimate of drug-likeness (QED) is 0.00960. The van der Waals surface area contributed by atoms with Crippen LogP contribution in [0.5, 0.6) is 0 Å². The first kappa shape index (κ1) is 108. The number of carbonyl (C=O) groups excluding carboxylic acids is 14. The fourth-order valence-electron chi connectivity index (χ4n) is 12.1. The summed E-state index contributed by atoms with van der Waals surface area (Å²) in [5.74, 6) is -4.06. The SMILES string of the molecule is CC(C)C[C@@H](C=O)NC(=O)[C@@H](NC(=O)OCc1ccccc1)C(C)C.CC(C)[C@@H](C=O)NC(=O)[C@@H](Cc1ccccc1)NC(=O)OCc1ccccc1.CC(C)[C@H](NC(=O)OCc1ccccc1)C(=O)N[C@@H](C=O)Cc1ccccc1.CC(C)[C@H](NC(=O)OCc1ccccc1)C(=O)N[C@H](C=O)Cc1ccccc1.CCCNC(=O)[C@H]1O[C@@H]1C(=O)N[C@@H](C(=O)O)C(C)CC. The van der Waals surface area contributed by atoms with E-state index in [2.05, 4.69) is 53.2 Å². The van der Waals surface area contributed by atoms with Gasteiger partial charge in [0.15, 0.2) is 12.2 Å². The van der Waals surface area contributed by atoms with Gasteiger partial charge < -0.3 is 101 Å². The van der Waals surface area contributed by atoms with Gasteiger partial charge in [-0.25, -0.2) is 24.0 Å². The van der Waals surface area contributed by atoms with Crippen molar-refractivity contribution in [3.8, 4) is 0 Å². The molecule has 696 valence electrons. The predicted molar refractivity (Wildman–Crippen MR) is 486 cm³/mol. The van der Waals surface area contributed by atoms with Gasteiger partial charge in [-0.1, -0.05) is 309 Å². The molecule has 0 bridgehead atoms. The van der Waals surface area contributed by atoms with E-state index in [1.165, 1.54) is 0 Å². The summed E-state index contributed by atoms with van der Waals surface area (Å²) in [4.78, 5) is 178. The van der Waals surface area contributed by atoms with Crippen LogP contribution >= 0.6 is 0 Å². The van der Waals surface area contributed by atoms with Crippen molar-refractivity contribution >= 4 is 90.9 Å². The van der Waals surface area contributed by atoms with Gasteiger partial charge in [-0.3, -0.25) is 28.8 Å². The standard InChI is InChI=1S/3C22H26N2O4.C19H28N2O4.C13H22N2O5/c1-16(2)20(14-25)23-21(26)19(13-17-9-5-3-6-10-17)24-22(27)28-15-18-11-7-4-8-12-18;2*1-16(2)20(24-22(27)28-15-18-11-7-4-8-12-18)21(26)23-19(14-25)13-17-9-5-3-6-10-17;1-13(2)10-16(11-22)20-18(23)17(14(3)4)21-19(24)25-12-15-8-6-5-7-9-15;1-4-6-14-11(16)9-10(20-9)12(17)15-8(13(18)19)7(3)5-2/h3*3-12,14,16,19-20H,13,15H2,1-2H3,(H,23,26)(H,24,27);5-9,11,13-14,16-17H,10,12H2,1-4H3,(H,20,23)(H,21,24);7-10H,4-6H2,1-3H3,(H,14,16)(H,15,17)(H,18,19)/t19-,20-;19-,20+;19-,20-;16-,17-;7?,8-,9+,10+/m11001/s1. The van der Waals surface area contributed by atoms with Gasteiger partial charge in [0.05, 0.1) is 24.2 Å². The molecule has 0 aliphatic carbocycles. The Balaban J connectivity index is 0.000000339. The Morgan fingerprint density at radius 2 is 0.643 bits per heavy atom. The summed E-state index contributed by atoms with van der Waals surface area (Å²) in [7, 11) is 0. The van der Waals surface area contributed by atoms with Gasteiger partial charge in [0.1, 0.15) is 81.8 Å². The first-order valence-electron chi connectivity index (χ1n) is 43.2. The normalized spacial score (nSPS) is 14.5. The highest BCUT2D eigenvalue weighted by Gasteiger charge is 2.51. The maximum atomic E-state index is 12.7. The summed E-state index contributed by atoms with van der Waals surface area (Å²) in [6.45, 7) is 25.0. The van der Waals surface area contributed by atoms with Crippen LogP contribution in [-0.2, 0) is 122 Å². The molecule has 1 unspecified atom stereocenters. The topological polar surface area (TPSA) is 446 Å². The third kappa shape index (κ3) is 43.5. The van der Waals surface area contributed by atoms with Gasteiger partial charge in [-0.2, -0.15) is 0 Å². The molecule has 0 aromatic heterocycles. The molecule has 12 atom stereocenters. The molecular formula is C98H128N10O21. The average Bonchev–Trinajstić information content (AvgIpc) is 1.65. The van der Waals surface area contributed by atoms with Crippen molar-refractivity contribution in [2.45, 2.75) is 222 Å². The van der Waals surface area contributed by atoms with Gasteiger partial charge in [0.2, 0.25) is 23.6 Å². The van der Waals surface area contributed by atoms with Crippen molar-refractivity contribution in [1.82, 2.24) is 53.2 Å². The van der Waals surface area contributed by atoms with E-state index in [1.54, 1.807) is 6.92 Å². The zero-order chi connectivity index (χ0) is 95.2. The minimum Gasteiger partial charge on any atom is -0.480 e. The van der Waals surface area contributed by atoms with Crippen molar-refractivity contribution in [2.24, 2.45) is 35.5 Å². The third-order valence-electron chi connectivity index (χ3n) is 19.7. The lowest BCUT2D eigenvalue weighted by molar-refractivity contribution is -0.143. The van der Waals surface area contributed by atoms with Crippen molar-refractivity contribution in [3.63, 3.8) is 0 Å². The molecule has 0 radical (unpaired) electrons. The zero-order valence-corrected chi connectivity index (χ0v) is 75.7. The van der Waals surface area contributed by atoms with Crippen LogP contribution in [-0.4, -0.2) is 169 Å². The van der Waals surface area contributed by atoms with Crippen molar-refractivity contribution in [2.75, 3.05) is 6.54 Å². The minimum atomic E-state index is -1.08. The number of nitrogens with one attached hydrogen (secondary N) is 10. The second-order valence-electron chi connectivity index (χ2n) is 32.4. The summed E-state index contributed by atoms with van der Waals surface area (Å²) in [6.07, 6.45) is 1.50. The second kappa shape index (κ2) is 60.3. The van der Waals surface area contributed by atoms with Crippen molar-refractivity contribution in [1.29, 1.82) is 0 Å². The van der Waals surface area contributed by atoms with Gasteiger partial charge in [-0.15, -0.1) is 0 Å². The molecule has 0 saturated carbocycles. The Labute approximate surface area is 756 Å². The molecule has 0 spiro atoms. The van der Waals surface area contributed by atoms with Crippen LogP contribution in [0.25, 0.3) is 0 Å². The highest BCUT2D eigenvalue weighted by atomic mass is 16.6. The largest absolute Gasteiger partial charge is 0.480 e. The minimum absolute atomic E-state index is 0.0520. The Morgan fingerprint density at radius 3 is 0.922 bits per heavy atom. The van der Waals surface area contributed by atoms with E-state index >= 15 is 0 Å². The molecule has 8 rings (SSSR count). The van der Waals surface area contributed by atoms with Crippen LogP contribution < -0.4 is 53.2 Å². The number of aliphatic carboxylic acids is 1. The van der Waals surface area contributed by atoms with Crippen molar-refractivity contribution in [3.05, 3.63) is 251 Å². The van der Waals surface area contributed by atoms with E-state index in [9.17, 15) is 71.9 Å². The van der Waals surface area contributed by atoms with E-state index in [1.807, 2.05) is 295 Å². The number of rotatable bonds is 44. The zero-order valence-electron chi connectivity index (χ0n) is 75.7. The predicted octanol–water partition coefficient (Wildman–Crippen LogP) is 11.2. The monoisotopic (exact) mass is 1780 g/mol. The molecule has 10 amide bonds. The second-order valence-corrected chi connectivity index (χ2v) is 32.4. The number of epoxide rings is 1. The number of carboxylic acids is 1. The lowest BCUT2D eigenvalue weighted by Crippen LogP contribution is -2.52. The Hall–Kier alpha value is -13.5. The first-order chi connectivity index (χ1) is 61.7. The molecule has 1 saturated heterocycles. The maximum Gasteiger partial charge on any atom is 0.408 e. The Morgan fingerprint density at radius 1 is 0.341 bits per heavy atom. The van der Waals surface area contributed by atoms with Crippen LogP contribution in [0.4, 0.5) is 19.2 Å². The van der Waals surface area contributed by atoms with Crippen LogP contribution in [0.2, 0.25) is 0 Å². The third-order valence-corrected chi connectivity index (χ3v) is 19.7. The summed E-state index contributed by atoms with van der Waals surface area (Å²) in [6, 6.07) is 58.6. The molecule has 11 N–H and O–H groups in total. The van der Waals surface area contributed by atoms with Crippen LogP contribution in [0.1, 0.15) is 148 Å². The summed E-state index contributed by atoms with van der Waals surface area (Å²) >= 11 is 0. The summed E-state index contributed by atoms with van der Waals surface area (Å²) in [5, 5.41) is 35.3. The lowest BCUT2D eigenvalue weighted by atomic mass is 9.99. The number of benzene rings is 7. The first-order valence-corrected chi connectivity index (χ1v) is 43.2. The number of aldehydes is 4.